The fraction of sp³-hybridized carbons (Fsp3) is 0.267. The number of thiophene rings is 1. The van der Waals surface area contributed by atoms with Crippen molar-refractivity contribution >= 4 is 33.0 Å². The molecule has 1 amide bonds. The topological polar surface area (TPSA) is 66.5 Å². The average Bonchev–Trinajstić information content (AvgIpc) is 2.94. The molecule has 7 heteroatoms. The van der Waals surface area contributed by atoms with Crippen molar-refractivity contribution < 1.29 is 13.2 Å². The van der Waals surface area contributed by atoms with Gasteiger partial charge in [-0.1, -0.05) is 18.2 Å². The van der Waals surface area contributed by atoms with Crippen molar-refractivity contribution in [1.29, 1.82) is 0 Å². The highest BCUT2D eigenvalue weighted by molar-refractivity contribution is 7.88. The summed E-state index contributed by atoms with van der Waals surface area (Å²) in [4.78, 5) is 15.6. The van der Waals surface area contributed by atoms with Crippen LogP contribution in [0, 0.1) is 0 Å². The number of hydrogen-bond donors (Lipinski definition) is 1. The van der Waals surface area contributed by atoms with E-state index in [0.29, 0.717) is 17.8 Å². The number of benzene rings is 1. The number of sulfonamides is 1. The second-order valence-corrected chi connectivity index (χ2v) is 7.88. The molecule has 0 atom stereocenters. The lowest BCUT2D eigenvalue weighted by molar-refractivity contribution is 0.0997. The summed E-state index contributed by atoms with van der Waals surface area (Å²) < 4.78 is 24.5. The first-order valence-corrected chi connectivity index (χ1v) is 9.44. The predicted octanol–water partition coefficient (Wildman–Crippen LogP) is 2.12. The number of para-hydroxylation sites is 1. The first-order chi connectivity index (χ1) is 10.4. The second-order valence-electron chi connectivity index (χ2n) is 4.88. The van der Waals surface area contributed by atoms with Crippen LogP contribution in [0.2, 0.25) is 0 Å². The lowest BCUT2D eigenvalue weighted by Gasteiger charge is -2.16. The molecular weight excluding hydrogens is 320 g/mol. The van der Waals surface area contributed by atoms with Gasteiger partial charge in [0.1, 0.15) is 0 Å². The number of anilines is 1. The normalized spacial score (nSPS) is 11.4. The zero-order valence-electron chi connectivity index (χ0n) is 12.4. The zero-order chi connectivity index (χ0) is 16.2. The van der Waals surface area contributed by atoms with Crippen LogP contribution in [0.15, 0.2) is 42.5 Å². The summed E-state index contributed by atoms with van der Waals surface area (Å²) in [7, 11) is -1.44. The molecule has 0 saturated heterocycles. The number of carbonyl (C=O) groups is 1. The van der Waals surface area contributed by atoms with Gasteiger partial charge < -0.3 is 4.90 Å². The van der Waals surface area contributed by atoms with Gasteiger partial charge in [0, 0.05) is 24.2 Å². The molecule has 1 heterocycles. The van der Waals surface area contributed by atoms with Crippen LogP contribution >= 0.6 is 11.3 Å². The molecule has 5 nitrogen and oxygen atoms in total. The van der Waals surface area contributed by atoms with Crippen molar-refractivity contribution in [1.82, 2.24) is 4.72 Å². The number of rotatable bonds is 6. The quantitative estimate of drug-likeness (QED) is 0.877. The van der Waals surface area contributed by atoms with E-state index in [1.807, 2.05) is 36.4 Å². The highest BCUT2D eigenvalue weighted by atomic mass is 32.2. The van der Waals surface area contributed by atoms with Gasteiger partial charge in [0.25, 0.3) is 5.91 Å². The zero-order valence-corrected chi connectivity index (χ0v) is 14.1. The highest BCUT2D eigenvalue weighted by Gasteiger charge is 2.15. The second kappa shape index (κ2) is 7.04. The van der Waals surface area contributed by atoms with E-state index in [0.717, 1.165) is 16.8 Å². The van der Waals surface area contributed by atoms with Crippen molar-refractivity contribution in [2.45, 2.75) is 6.42 Å². The molecule has 2 rings (SSSR count). The Kier molecular flexibility index (Phi) is 5.33. The molecule has 22 heavy (non-hydrogen) atoms. The summed E-state index contributed by atoms with van der Waals surface area (Å²) >= 11 is 1.39. The van der Waals surface area contributed by atoms with E-state index in [9.17, 15) is 13.2 Å². The molecule has 0 spiro atoms. The van der Waals surface area contributed by atoms with Gasteiger partial charge >= 0.3 is 0 Å². The van der Waals surface area contributed by atoms with Crippen LogP contribution < -0.4 is 9.62 Å². The van der Waals surface area contributed by atoms with Crippen molar-refractivity contribution in [3.05, 3.63) is 52.2 Å². The van der Waals surface area contributed by atoms with Crippen LogP contribution in [0.4, 0.5) is 5.69 Å². The van der Waals surface area contributed by atoms with E-state index in [1.54, 1.807) is 18.0 Å². The minimum absolute atomic E-state index is 0.0708. The highest BCUT2D eigenvalue weighted by Crippen LogP contribution is 2.21. The van der Waals surface area contributed by atoms with E-state index in [4.69, 9.17) is 0 Å². The van der Waals surface area contributed by atoms with Crippen LogP contribution in [0.25, 0.3) is 0 Å². The van der Waals surface area contributed by atoms with Crippen LogP contribution in [-0.4, -0.2) is 34.2 Å². The summed E-state index contributed by atoms with van der Waals surface area (Å²) in [5.41, 5.74) is 0.834. The average molecular weight is 338 g/mol. The van der Waals surface area contributed by atoms with Crippen molar-refractivity contribution in [3.63, 3.8) is 0 Å². The number of nitrogens with zero attached hydrogens (tertiary/aromatic N) is 1. The largest absolute Gasteiger partial charge is 0.311 e. The van der Waals surface area contributed by atoms with Crippen LogP contribution in [-0.2, 0) is 16.4 Å². The van der Waals surface area contributed by atoms with Gasteiger partial charge in [-0.05, 0) is 30.7 Å². The van der Waals surface area contributed by atoms with Crippen molar-refractivity contribution in [3.8, 4) is 0 Å². The molecule has 118 valence electrons. The maximum Gasteiger partial charge on any atom is 0.268 e. The Morgan fingerprint density at radius 2 is 1.86 bits per heavy atom. The summed E-state index contributed by atoms with van der Waals surface area (Å²) in [5.74, 6) is -0.0708. The number of amides is 1. The molecule has 0 bridgehead atoms. The summed E-state index contributed by atoms with van der Waals surface area (Å²) in [6.45, 7) is 0.335. The van der Waals surface area contributed by atoms with Crippen molar-refractivity contribution in [2.24, 2.45) is 0 Å². The maximum absolute atomic E-state index is 12.4. The lowest BCUT2D eigenvalue weighted by Crippen LogP contribution is -2.25. The van der Waals surface area contributed by atoms with Crippen LogP contribution in [0.5, 0.6) is 0 Å². The smallest absolute Gasteiger partial charge is 0.268 e. The molecule has 1 aromatic carbocycles. The molecule has 0 aliphatic heterocycles. The van der Waals surface area contributed by atoms with Gasteiger partial charge in [-0.3, -0.25) is 4.79 Å². The van der Waals surface area contributed by atoms with Crippen LogP contribution in [0.1, 0.15) is 14.5 Å². The van der Waals surface area contributed by atoms with Gasteiger partial charge in [0.2, 0.25) is 10.0 Å². The maximum atomic E-state index is 12.4. The Hall–Kier alpha value is -1.70. The molecule has 0 radical (unpaired) electrons. The van der Waals surface area contributed by atoms with E-state index in [1.165, 1.54) is 11.3 Å². The molecule has 0 saturated carbocycles. The molecule has 2 aromatic rings. The third-order valence-corrected chi connectivity index (χ3v) is 4.92. The summed E-state index contributed by atoms with van der Waals surface area (Å²) in [6.07, 6.45) is 1.70. The van der Waals surface area contributed by atoms with Gasteiger partial charge in [0.15, 0.2) is 0 Å². The fourth-order valence-corrected chi connectivity index (χ4v) is 3.38. The van der Waals surface area contributed by atoms with Crippen LogP contribution in [0.3, 0.4) is 0 Å². The minimum Gasteiger partial charge on any atom is -0.311 e. The Labute approximate surface area is 134 Å². The van der Waals surface area contributed by atoms with E-state index < -0.39 is 10.0 Å². The van der Waals surface area contributed by atoms with E-state index >= 15 is 0 Å². The molecule has 1 N–H and O–H groups in total. The van der Waals surface area contributed by atoms with E-state index in [-0.39, 0.29) is 5.91 Å². The monoisotopic (exact) mass is 338 g/mol. The first-order valence-electron chi connectivity index (χ1n) is 6.73. The Bertz CT molecular complexity index is 739. The Balaban J connectivity index is 2.00. The van der Waals surface area contributed by atoms with Gasteiger partial charge in [-0.25, -0.2) is 13.1 Å². The molecule has 0 fully saturated rings. The third kappa shape index (κ3) is 4.66. The molecule has 0 aliphatic rings. The Morgan fingerprint density at radius 1 is 1.18 bits per heavy atom. The van der Waals surface area contributed by atoms with Crippen molar-refractivity contribution in [2.75, 3.05) is 24.7 Å². The summed E-state index contributed by atoms with van der Waals surface area (Å²) in [5, 5.41) is 0. The SMILES string of the molecule is CN(C(=O)c1ccc(CCNS(C)(=O)=O)s1)c1ccccc1. The number of carbonyl (C=O) groups excluding carboxylic acids is 1. The van der Waals surface area contributed by atoms with E-state index in [2.05, 4.69) is 4.72 Å². The van der Waals surface area contributed by atoms with Gasteiger partial charge in [0.05, 0.1) is 11.1 Å². The third-order valence-electron chi connectivity index (χ3n) is 3.06. The standard InChI is InChI=1S/C15H18N2O3S2/c1-17(12-6-4-3-5-7-12)15(18)14-9-8-13(21-14)10-11-16-22(2,19)20/h3-9,16H,10-11H2,1-2H3. The Morgan fingerprint density at radius 3 is 2.50 bits per heavy atom. The minimum atomic E-state index is -3.17. The molecule has 1 aromatic heterocycles. The molecule has 0 aliphatic carbocycles. The molecule has 0 unspecified atom stereocenters. The van der Waals surface area contributed by atoms with Gasteiger partial charge in [-0.2, -0.15) is 0 Å². The fourth-order valence-electron chi connectivity index (χ4n) is 1.92. The van der Waals surface area contributed by atoms with Gasteiger partial charge in [-0.15, -0.1) is 11.3 Å². The summed E-state index contributed by atoms with van der Waals surface area (Å²) in [6, 6.07) is 13.1. The number of hydrogen-bond acceptors (Lipinski definition) is 4. The number of nitrogens with one attached hydrogen (secondary N) is 1. The predicted molar refractivity (Wildman–Crippen MR) is 90.0 cm³/mol. The molecular formula is C15H18N2O3S2. The lowest BCUT2D eigenvalue weighted by atomic mass is 10.3. The first kappa shape index (κ1) is 16.7.